The number of hydrogen-bond donors (Lipinski definition) is 3. The average molecular weight is 410 g/mol. The fraction of sp³-hybridized carbons (Fsp3) is 0.353. The van der Waals surface area contributed by atoms with Gasteiger partial charge in [0.25, 0.3) is 0 Å². The molecule has 150 valence electrons. The van der Waals surface area contributed by atoms with Crippen molar-refractivity contribution in [2.75, 3.05) is 11.9 Å². The molecule has 11 heteroatoms. The molecule has 0 radical (unpaired) electrons. The quantitative estimate of drug-likeness (QED) is 0.607. The predicted octanol–water partition coefficient (Wildman–Crippen LogP) is 0.265. The van der Waals surface area contributed by atoms with Gasteiger partial charge in [0.15, 0.2) is 9.84 Å². The van der Waals surface area contributed by atoms with E-state index in [4.69, 9.17) is 5.11 Å². The number of aliphatic hydroxyl groups is 1. The van der Waals surface area contributed by atoms with Crippen LogP contribution < -0.4 is 10.6 Å². The molecule has 0 spiro atoms. The number of rotatable bonds is 5. The standard InChI is InChI=1S/C17H19FN4O5S/c1-2-11(7-23)19-16(24)17(25)20-15-13-8-28(26,27)9-14(13)21-22(15)12-5-3-10(18)4-6-12/h3-6,11,23H,2,7-9H2,1H3,(H,19,24)(H,20,25)/t11-/m0/s1. The molecule has 0 fully saturated rings. The van der Waals surface area contributed by atoms with Crippen molar-refractivity contribution in [3.05, 3.63) is 41.3 Å². The summed E-state index contributed by atoms with van der Waals surface area (Å²) in [5.74, 6) is -3.03. The Balaban J connectivity index is 1.94. The van der Waals surface area contributed by atoms with Crippen molar-refractivity contribution in [2.24, 2.45) is 0 Å². The molecule has 28 heavy (non-hydrogen) atoms. The molecule has 1 aliphatic rings. The molecule has 2 amide bonds. The van der Waals surface area contributed by atoms with Crippen LogP contribution in [0, 0.1) is 5.82 Å². The number of carbonyl (C=O) groups is 2. The number of nitrogens with one attached hydrogen (secondary N) is 2. The van der Waals surface area contributed by atoms with Crippen molar-refractivity contribution in [2.45, 2.75) is 30.9 Å². The number of aromatic nitrogens is 2. The molecule has 0 saturated heterocycles. The molecular weight excluding hydrogens is 391 g/mol. The normalized spacial score (nSPS) is 15.7. The maximum absolute atomic E-state index is 13.2. The van der Waals surface area contributed by atoms with E-state index in [9.17, 15) is 22.4 Å². The third-order valence-corrected chi connectivity index (χ3v) is 5.79. The third kappa shape index (κ3) is 4.04. The highest BCUT2D eigenvalue weighted by Gasteiger charge is 2.34. The lowest BCUT2D eigenvalue weighted by Gasteiger charge is -2.14. The molecule has 0 bridgehead atoms. The monoisotopic (exact) mass is 410 g/mol. The van der Waals surface area contributed by atoms with Crippen molar-refractivity contribution in [3.8, 4) is 5.69 Å². The van der Waals surface area contributed by atoms with E-state index in [-0.39, 0.29) is 29.6 Å². The minimum atomic E-state index is -3.39. The Morgan fingerprint density at radius 3 is 2.54 bits per heavy atom. The maximum Gasteiger partial charge on any atom is 0.314 e. The van der Waals surface area contributed by atoms with Crippen molar-refractivity contribution in [1.82, 2.24) is 15.1 Å². The van der Waals surface area contributed by atoms with Crippen molar-refractivity contribution < 1.29 is 27.5 Å². The van der Waals surface area contributed by atoms with Crippen LogP contribution in [0.4, 0.5) is 10.2 Å². The van der Waals surface area contributed by atoms with Gasteiger partial charge < -0.3 is 15.7 Å². The van der Waals surface area contributed by atoms with E-state index in [1.807, 2.05) is 0 Å². The zero-order chi connectivity index (χ0) is 20.5. The summed E-state index contributed by atoms with van der Waals surface area (Å²) in [6.07, 6.45) is 0.427. The van der Waals surface area contributed by atoms with Crippen LogP contribution in [0.15, 0.2) is 24.3 Å². The van der Waals surface area contributed by atoms with Gasteiger partial charge in [-0.1, -0.05) is 6.92 Å². The van der Waals surface area contributed by atoms with Crippen LogP contribution in [0.3, 0.4) is 0 Å². The summed E-state index contributed by atoms with van der Waals surface area (Å²) in [5.41, 5.74) is 0.951. The van der Waals surface area contributed by atoms with Crippen LogP contribution in [-0.4, -0.2) is 47.8 Å². The van der Waals surface area contributed by atoms with Crippen molar-refractivity contribution in [3.63, 3.8) is 0 Å². The predicted molar refractivity (Wildman–Crippen MR) is 97.8 cm³/mol. The molecule has 1 aliphatic heterocycles. The Labute approximate surface area is 160 Å². The number of halogens is 1. The number of amides is 2. The van der Waals surface area contributed by atoms with Gasteiger partial charge in [-0.2, -0.15) is 5.10 Å². The number of anilines is 1. The SMILES string of the molecule is CC[C@@H](CO)NC(=O)C(=O)Nc1c2c(nn1-c1ccc(F)cc1)CS(=O)(=O)C2. The van der Waals surface area contributed by atoms with Crippen LogP contribution >= 0.6 is 0 Å². The highest BCUT2D eigenvalue weighted by Crippen LogP contribution is 2.32. The van der Waals surface area contributed by atoms with Crippen LogP contribution in [0.1, 0.15) is 24.6 Å². The fourth-order valence-electron chi connectivity index (χ4n) is 2.83. The lowest BCUT2D eigenvalue weighted by atomic mass is 10.2. The summed E-state index contributed by atoms with van der Waals surface area (Å²) < 4.78 is 38.3. The number of hydrogen-bond acceptors (Lipinski definition) is 6. The number of sulfone groups is 1. The lowest BCUT2D eigenvalue weighted by Crippen LogP contribution is -2.43. The molecule has 1 atom stereocenters. The van der Waals surface area contributed by atoms with Gasteiger partial charge in [0.2, 0.25) is 0 Å². The summed E-state index contributed by atoms with van der Waals surface area (Å²) in [6.45, 7) is 1.41. The van der Waals surface area contributed by atoms with Gasteiger partial charge in [-0.25, -0.2) is 17.5 Å². The molecule has 9 nitrogen and oxygen atoms in total. The first-order chi connectivity index (χ1) is 13.2. The Morgan fingerprint density at radius 2 is 1.93 bits per heavy atom. The van der Waals surface area contributed by atoms with Crippen LogP contribution in [0.25, 0.3) is 5.69 Å². The maximum atomic E-state index is 13.2. The molecular formula is C17H19FN4O5S. The number of nitrogens with zero attached hydrogens (tertiary/aromatic N) is 2. The molecule has 0 saturated carbocycles. The summed E-state index contributed by atoms with van der Waals surface area (Å²) in [7, 11) is -3.39. The van der Waals surface area contributed by atoms with E-state index in [2.05, 4.69) is 15.7 Å². The summed E-state index contributed by atoms with van der Waals surface area (Å²) in [4.78, 5) is 24.4. The Bertz CT molecular complexity index is 1010. The number of fused-ring (bicyclic) bond motifs is 1. The molecule has 3 N–H and O–H groups in total. The van der Waals surface area contributed by atoms with Gasteiger partial charge in [0.05, 0.1) is 35.5 Å². The average Bonchev–Trinajstić information content (AvgIpc) is 3.12. The molecule has 1 aromatic carbocycles. The number of aliphatic hydroxyl groups excluding tert-OH is 1. The van der Waals surface area contributed by atoms with Gasteiger partial charge in [-0.05, 0) is 30.7 Å². The second kappa shape index (κ2) is 7.68. The highest BCUT2D eigenvalue weighted by molar-refractivity contribution is 7.90. The zero-order valence-electron chi connectivity index (χ0n) is 15.0. The second-order valence-corrected chi connectivity index (χ2v) is 8.47. The zero-order valence-corrected chi connectivity index (χ0v) is 15.8. The van der Waals surface area contributed by atoms with E-state index in [0.717, 1.165) is 0 Å². The van der Waals surface area contributed by atoms with Crippen LogP contribution in [-0.2, 0) is 30.9 Å². The smallest absolute Gasteiger partial charge is 0.314 e. The minimum Gasteiger partial charge on any atom is -0.394 e. The number of carbonyl (C=O) groups excluding carboxylic acids is 2. The Morgan fingerprint density at radius 1 is 1.25 bits per heavy atom. The molecule has 3 rings (SSSR count). The first-order valence-electron chi connectivity index (χ1n) is 8.54. The minimum absolute atomic E-state index is 0.0416. The van der Waals surface area contributed by atoms with Gasteiger partial charge in [0, 0.05) is 5.56 Å². The van der Waals surface area contributed by atoms with E-state index in [0.29, 0.717) is 17.7 Å². The summed E-state index contributed by atoms with van der Waals surface area (Å²) in [5, 5.41) is 18.2. The molecule has 2 heterocycles. The topological polar surface area (TPSA) is 130 Å². The van der Waals surface area contributed by atoms with Crippen molar-refractivity contribution in [1.29, 1.82) is 0 Å². The van der Waals surface area contributed by atoms with Gasteiger partial charge >= 0.3 is 11.8 Å². The Hall–Kier alpha value is -2.79. The van der Waals surface area contributed by atoms with E-state index >= 15 is 0 Å². The first kappa shape index (κ1) is 20.0. The first-order valence-corrected chi connectivity index (χ1v) is 10.4. The molecule has 0 unspecified atom stereocenters. The summed E-state index contributed by atoms with van der Waals surface area (Å²) in [6, 6.07) is 4.65. The third-order valence-electron chi connectivity index (χ3n) is 4.35. The molecule has 1 aromatic heterocycles. The highest BCUT2D eigenvalue weighted by atomic mass is 32.2. The summed E-state index contributed by atoms with van der Waals surface area (Å²) >= 11 is 0. The van der Waals surface area contributed by atoms with Gasteiger partial charge in [0.1, 0.15) is 11.6 Å². The second-order valence-electron chi connectivity index (χ2n) is 6.41. The van der Waals surface area contributed by atoms with Gasteiger partial charge in [-0.15, -0.1) is 0 Å². The Kier molecular flexibility index (Phi) is 5.47. The molecule has 2 aromatic rings. The van der Waals surface area contributed by atoms with E-state index in [1.165, 1.54) is 28.9 Å². The lowest BCUT2D eigenvalue weighted by molar-refractivity contribution is -0.136. The number of benzene rings is 1. The van der Waals surface area contributed by atoms with Crippen LogP contribution in [0.5, 0.6) is 0 Å². The van der Waals surface area contributed by atoms with Crippen molar-refractivity contribution >= 4 is 27.5 Å². The van der Waals surface area contributed by atoms with Gasteiger partial charge in [-0.3, -0.25) is 9.59 Å². The van der Waals surface area contributed by atoms with E-state index in [1.54, 1.807) is 6.92 Å². The fourth-order valence-corrected chi connectivity index (χ4v) is 4.33. The van der Waals surface area contributed by atoms with Crippen LogP contribution in [0.2, 0.25) is 0 Å². The molecule has 0 aliphatic carbocycles. The largest absolute Gasteiger partial charge is 0.394 e. The van der Waals surface area contributed by atoms with E-state index < -0.39 is 33.5 Å².